The van der Waals surface area contributed by atoms with Gasteiger partial charge in [-0.25, -0.2) is 8.78 Å². The topological polar surface area (TPSA) is 51.8 Å². The molecule has 0 saturated heterocycles. The number of nitrogens with zero attached hydrogens (tertiary/aromatic N) is 3. The van der Waals surface area contributed by atoms with Crippen LogP contribution in [0.15, 0.2) is 41.1 Å². The summed E-state index contributed by atoms with van der Waals surface area (Å²) >= 11 is 0. The maximum atomic E-state index is 14.1. The number of fused-ring (bicyclic) bond motifs is 1. The first-order chi connectivity index (χ1) is 12.0. The van der Waals surface area contributed by atoms with E-state index in [0.717, 1.165) is 29.8 Å². The lowest BCUT2D eigenvalue weighted by Crippen LogP contribution is -2.32. The van der Waals surface area contributed by atoms with Crippen molar-refractivity contribution in [2.24, 2.45) is 0 Å². The molecule has 0 amide bonds. The Morgan fingerprint density at radius 2 is 1.92 bits per heavy atom. The second-order valence-corrected chi connectivity index (χ2v) is 6.79. The van der Waals surface area contributed by atoms with Crippen molar-refractivity contribution in [1.82, 2.24) is 15.4 Å². The van der Waals surface area contributed by atoms with Gasteiger partial charge in [-0.15, -0.1) is 5.10 Å². The summed E-state index contributed by atoms with van der Waals surface area (Å²) in [6.45, 7) is 4.14. The van der Waals surface area contributed by atoms with E-state index in [1.807, 2.05) is 13.0 Å². The lowest BCUT2D eigenvalue weighted by Gasteiger charge is -2.35. The van der Waals surface area contributed by atoms with E-state index in [-0.39, 0.29) is 17.2 Å². The van der Waals surface area contributed by atoms with Crippen LogP contribution in [-0.2, 0) is 5.41 Å². The normalized spacial score (nSPS) is 22.6. The molecular formula is C19H17F2N3O. The summed E-state index contributed by atoms with van der Waals surface area (Å²) in [6, 6.07) is 7.37. The Morgan fingerprint density at radius 3 is 2.60 bits per heavy atom. The average molecular weight is 341 g/mol. The zero-order chi connectivity index (χ0) is 17.6. The molecule has 1 aromatic carbocycles. The van der Waals surface area contributed by atoms with Crippen LogP contribution in [0.4, 0.5) is 8.78 Å². The first-order valence-electron chi connectivity index (χ1n) is 8.24. The average Bonchev–Trinajstić information content (AvgIpc) is 3.14. The van der Waals surface area contributed by atoms with E-state index in [1.165, 1.54) is 24.5 Å². The van der Waals surface area contributed by atoms with Crippen LogP contribution in [0.25, 0.3) is 11.3 Å². The molecule has 2 atom stereocenters. The lowest BCUT2D eigenvalue weighted by molar-refractivity contribution is 0.359. The van der Waals surface area contributed by atoms with Crippen molar-refractivity contribution in [3.05, 3.63) is 65.2 Å². The third kappa shape index (κ3) is 2.44. The summed E-state index contributed by atoms with van der Waals surface area (Å²) in [6.07, 6.45) is 3.31. The quantitative estimate of drug-likeness (QED) is 0.683. The van der Waals surface area contributed by atoms with E-state index in [9.17, 15) is 8.78 Å². The molecule has 0 saturated carbocycles. The van der Waals surface area contributed by atoms with Crippen LogP contribution < -0.4 is 0 Å². The van der Waals surface area contributed by atoms with Gasteiger partial charge >= 0.3 is 0 Å². The van der Waals surface area contributed by atoms with Crippen molar-refractivity contribution >= 4 is 0 Å². The van der Waals surface area contributed by atoms with Gasteiger partial charge in [-0.1, -0.05) is 18.1 Å². The number of rotatable bonds is 2. The van der Waals surface area contributed by atoms with Gasteiger partial charge in [0.1, 0.15) is 17.9 Å². The molecule has 128 valence electrons. The molecule has 25 heavy (non-hydrogen) atoms. The Morgan fingerprint density at radius 1 is 1.16 bits per heavy atom. The fraction of sp³-hybridized carbons (Fsp3) is 0.316. The van der Waals surface area contributed by atoms with Crippen molar-refractivity contribution in [2.45, 2.75) is 38.0 Å². The van der Waals surface area contributed by atoms with Gasteiger partial charge in [0.05, 0.1) is 28.1 Å². The van der Waals surface area contributed by atoms with Gasteiger partial charge in [-0.3, -0.25) is 0 Å². The van der Waals surface area contributed by atoms with Crippen LogP contribution in [0.1, 0.15) is 49.6 Å². The summed E-state index contributed by atoms with van der Waals surface area (Å²) in [5.74, 6) is -1.06. The van der Waals surface area contributed by atoms with Gasteiger partial charge in [0.2, 0.25) is 0 Å². The number of halogens is 2. The molecule has 4 rings (SSSR count). The largest absolute Gasteiger partial charge is 0.364 e. The minimum absolute atomic E-state index is 0.140. The highest BCUT2D eigenvalue weighted by Crippen LogP contribution is 2.45. The Balaban J connectivity index is 1.89. The number of aromatic nitrogens is 3. The summed E-state index contributed by atoms with van der Waals surface area (Å²) < 4.78 is 33.2. The number of hydrogen-bond donors (Lipinski definition) is 0. The fourth-order valence-electron chi connectivity index (χ4n) is 3.60. The summed E-state index contributed by atoms with van der Waals surface area (Å²) in [7, 11) is 0. The van der Waals surface area contributed by atoms with Gasteiger partial charge in [-0.05, 0) is 49.4 Å². The van der Waals surface area contributed by atoms with E-state index in [1.54, 1.807) is 6.07 Å². The molecule has 0 unspecified atom stereocenters. The van der Waals surface area contributed by atoms with E-state index in [2.05, 4.69) is 22.3 Å². The first-order valence-corrected chi connectivity index (χ1v) is 8.24. The molecule has 6 heteroatoms. The third-order valence-corrected chi connectivity index (χ3v) is 5.18. The molecule has 0 fully saturated rings. The molecule has 1 aliphatic rings. The molecule has 0 spiro atoms. The van der Waals surface area contributed by atoms with Crippen molar-refractivity contribution in [1.29, 1.82) is 0 Å². The van der Waals surface area contributed by atoms with E-state index in [0.29, 0.717) is 0 Å². The monoisotopic (exact) mass is 341 g/mol. The zero-order valence-corrected chi connectivity index (χ0v) is 14.0. The van der Waals surface area contributed by atoms with Gasteiger partial charge in [0.25, 0.3) is 0 Å². The van der Waals surface area contributed by atoms with Gasteiger partial charge < -0.3 is 4.52 Å². The molecule has 2 aromatic heterocycles. The van der Waals surface area contributed by atoms with E-state index >= 15 is 0 Å². The Labute approximate surface area is 143 Å². The maximum absolute atomic E-state index is 14.1. The highest BCUT2D eigenvalue weighted by molar-refractivity contribution is 5.62. The first kappa shape index (κ1) is 15.9. The molecular weight excluding hydrogens is 324 g/mol. The third-order valence-electron chi connectivity index (χ3n) is 5.18. The zero-order valence-electron chi connectivity index (χ0n) is 14.0. The molecule has 2 heterocycles. The Bertz CT molecular complexity index is 906. The van der Waals surface area contributed by atoms with Crippen LogP contribution in [0.3, 0.4) is 0 Å². The predicted molar refractivity (Wildman–Crippen MR) is 88.0 cm³/mol. The minimum Gasteiger partial charge on any atom is -0.364 e. The lowest BCUT2D eigenvalue weighted by atomic mass is 9.69. The van der Waals surface area contributed by atoms with Crippen molar-refractivity contribution in [3.8, 4) is 11.3 Å². The fourth-order valence-corrected chi connectivity index (χ4v) is 3.60. The standard InChI is InChI=1S/C19H17F2N3O/c1-11-6-8-19(2,16-7-9-25-24-16)18-12(11)10-15(22-23-18)17-13(20)4-3-5-14(17)21/h3-5,7,9-11H,6,8H2,1-2H3/t11-,19+/m0/s1. The molecule has 0 N–H and O–H groups in total. The smallest absolute Gasteiger partial charge is 0.135 e. The summed E-state index contributed by atoms with van der Waals surface area (Å²) in [5.41, 5.74) is 2.18. The van der Waals surface area contributed by atoms with Crippen LogP contribution in [0.5, 0.6) is 0 Å². The van der Waals surface area contributed by atoms with Crippen molar-refractivity contribution < 1.29 is 13.3 Å². The molecule has 1 aliphatic carbocycles. The van der Waals surface area contributed by atoms with Crippen LogP contribution in [0.2, 0.25) is 0 Å². The predicted octanol–water partition coefficient (Wildman–Crippen LogP) is 4.61. The van der Waals surface area contributed by atoms with Crippen LogP contribution >= 0.6 is 0 Å². The molecule has 3 aromatic rings. The number of hydrogen-bond acceptors (Lipinski definition) is 4. The summed E-state index contributed by atoms with van der Waals surface area (Å²) in [5, 5.41) is 12.6. The van der Waals surface area contributed by atoms with Crippen LogP contribution in [-0.4, -0.2) is 15.4 Å². The van der Waals surface area contributed by atoms with Gasteiger partial charge in [-0.2, -0.15) is 5.10 Å². The Kier molecular flexibility index (Phi) is 3.63. The minimum atomic E-state index is -0.642. The highest BCUT2D eigenvalue weighted by Gasteiger charge is 2.40. The maximum Gasteiger partial charge on any atom is 0.135 e. The second kappa shape index (κ2) is 5.72. The van der Waals surface area contributed by atoms with Crippen LogP contribution in [0, 0.1) is 11.6 Å². The van der Waals surface area contributed by atoms with E-state index in [4.69, 9.17) is 4.52 Å². The second-order valence-electron chi connectivity index (χ2n) is 6.79. The molecule has 4 nitrogen and oxygen atoms in total. The molecule has 0 bridgehead atoms. The molecule has 0 aliphatic heterocycles. The highest BCUT2D eigenvalue weighted by atomic mass is 19.1. The Hall–Kier alpha value is -2.63. The SMILES string of the molecule is C[C@H]1CC[C@](C)(c2ccon2)c2nnc(-c3c(F)cccc3F)cc21. The molecule has 0 radical (unpaired) electrons. The van der Waals surface area contributed by atoms with E-state index < -0.39 is 17.0 Å². The van der Waals surface area contributed by atoms with Crippen molar-refractivity contribution in [3.63, 3.8) is 0 Å². The van der Waals surface area contributed by atoms with Gasteiger partial charge in [0.15, 0.2) is 0 Å². The van der Waals surface area contributed by atoms with Gasteiger partial charge in [0, 0.05) is 6.07 Å². The van der Waals surface area contributed by atoms with Crippen molar-refractivity contribution in [2.75, 3.05) is 0 Å². The number of benzene rings is 1. The summed E-state index contributed by atoms with van der Waals surface area (Å²) in [4.78, 5) is 0.